The number of hydrogen-bond acceptors (Lipinski definition) is 5. The number of aryl methyl sites for hydroxylation is 1. The van der Waals surface area contributed by atoms with E-state index in [-0.39, 0.29) is 5.91 Å². The Balaban J connectivity index is 1.63. The Hall–Kier alpha value is -3.81. The molecule has 0 saturated carbocycles. The molecule has 182 valence electrons. The first kappa shape index (κ1) is 23.9. The smallest absolute Gasteiger partial charge is 0.255 e. The van der Waals surface area contributed by atoms with Gasteiger partial charge in [0.15, 0.2) is 5.82 Å². The van der Waals surface area contributed by atoms with Gasteiger partial charge in [0.1, 0.15) is 11.8 Å². The van der Waals surface area contributed by atoms with Crippen LogP contribution in [0.3, 0.4) is 0 Å². The fourth-order valence-electron chi connectivity index (χ4n) is 4.30. The topological polar surface area (TPSA) is 81.1 Å². The van der Waals surface area contributed by atoms with Gasteiger partial charge in [-0.2, -0.15) is 4.98 Å². The van der Waals surface area contributed by atoms with E-state index in [2.05, 4.69) is 10.6 Å². The van der Waals surface area contributed by atoms with Crippen LogP contribution in [0.25, 0.3) is 11.4 Å². The Morgan fingerprint density at radius 3 is 2.61 bits per heavy atom. The lowest BCUT2D eigenvalue weighted by atomic mass is 9.95. The summed E-state index contributed by atoms with van der Waals surface area (Å²) in [5.74, 6) is 1.28. The molecule has 1 aliphatic heterocycles. The van der Waals surface area contributed by atoms with Gasteiger partial charge < -0.3 is 15.4 Å². The van der Waals surface area contributed by atoms with Crippen LogP contribution in [-0.2, 0) is 4.79 Å². The van der Waals surface area contributed by atoms with E-state index in [0.29, 0.717) is 50.1 Å². The average Bonchev–Trinajstić information content (AvgIpc) is 3.27. The molecule has 2 heterocycles. The molecule has 0 fully saturated rings. The SMILES string of the molecule is COc1ccccc1NC(=O)C1=C(C)Nc2nc(-c3cccc(C)c3)nn2C1c1ccc(Cl)cc1Cl. The van der Waals surface area contributed by atoms with Gasteiger partial charge in [-0.25, -0.2) is 4.68 Å². The highest BCUT2D eigenvalue weighted by atomic mass is 35.5. The molecular formula is C27H23Cl2N5O2. The maximum absolute atomic E-state index is 13.7. The molecule has 4 aromatic rings. The van der Waals surface area contributed by atoms with Crippen molar-refractivity contribution in [2.75, 3.05) is 17.7 Å². The van der Waals surface area contributed by atoms with Gasteiger partial charge in [0.25, 0.3) is 5.91 Å². The normalized spacial score (nSPS) is 14.8. The van der Waals surface area contributed by atoms with Gasteiger partial charge in [-0.1, -0.05) is 65.2 Å². The Morgan fingerprint density at radius 1 is 1.06 bits per heavy atom. The number of hydrogen-bond donors (Lipinski definition) is 2. The van der Waals surface area contributed by atoms with Crippen LogP contribution >= 0.6 is 23.2 Å². The number of benzene rings is 3. The number of anilines is 2. The first-order valence-electron chi connectivity index (χ1n) is 11.3. The maximum atomic E-state index is 13.7. The second-order valence-corrected chi connectivity index (χ2v) is 9.30. The summed E-state index contributed by atoms with van der Waals surface area (Å²) in [6, 6.07) is 19.7. The summed E-state index contributed by atoms with van der Waals surface area (Å²) in [4.78, 5) is 18.5. The molecule has 0 saturated heterocycles. The molecule has 0 spiro atoms. The summed E-state index contributed by atoms with van der Waals surface area (Å²) in [6.45, 7) is 3.85. The number of para-hydroxylation sites is 2. The zero-order chi connectivity index (χ0) is 25.4. The molecule has 1 amide bonds. The number of ether oxygens (including phenoxy) is 1. The number of aromatic nitrogens is 3. The van der Waals surface area contributed by atoms with Crippen LogP contribution in [0.2, 0.25) is 10.0 Å². The first-order valence-corrected chi connectivity index (χ1v) is 12.0. The molecule has 1 aromatic heterocycles. The van der Waals surface area contributed by atoms with Gasteiger partial charge in [0, 0.05) is 26.9 Å². The lowest BCUT2D eigenvalue weighted by Gasteiger charge is -2.29. The molecule has 0 radical (unpaired) electrons. The summed E-state index contributed by atoms with van der Waals surface area (Å²) in [6.07, 6.45) is 0. The van der Waals surface area contributed by atoms with Crippen LogP contribution < -0.4 is 15.4 Å². The minimum Gasteiger partial charge on any atom is -0.495 e. The highest BCUT2D eigenvalue weighted by Gasteiger charge is 2.36. The summed E-state index contributed by atoms with van der Waals surface area (Å²) < 4.78 is 7.10. The monoisotopic (exact) mass is 519 g/mol. The third kappa shape index (κ3) is 4.43. The number of halogens is 2. The van der Waals surface area contributed by atoms with Crippen molar-refractivity contribution in [2.24, 2.45) is 0 Å². The number of rotatable bonds is 5. The Kier molecular flexibility index (Phi) is 6.43. The predicted octanol–water partition coefficient (Wildman–Crippen LogP) is 6.50. The van der Waals surface area contributed by atoms with Crippen molar-refractivity contribution in [3.8, 4) is 17.1 Å². The third-order valence-electron chi connectivity index (χ3n) is 5.99. The van der Waals surface area contributed by atoms with E-state index in [0.717, 1.165) is 11.1 Å². The van der Waals surface area contributed by atoms with Crippen molar-refractivity contribution in [2.45, 2.75) is 19.9 Å². The number of methoxy groups -OCH3 is 1. The van der Waals surface area contributed by atoms with Crippen molar-refractivity contribution in [1.29, 1.82) is 0 Å². The number of carbonyl (C=O) groups is 1. The summed E-state index contributed by atoms with van der Waals surface area (Å²) in [5.41, 5.74) is 4.27. The molecule has 36 heavy (non-hydrogen) atoms. The second-order valence-electron chi connectivity index (χ2n) is 8.46. The molecule has 2 N–H and O–H groups in total. The van der Waals surface area contributed by atoms with Gasteiger partial charge in [-0.15, -0.1) is 5.10 Å². The van der Waals surface area contributed by atoms with Crippen molar-refractivity contribution in [1.82, 2.24) is 14.8 Å². The molecule has 0 bridgehead atoms. The molecule has 7 nitrogen and oxygen atoms in total. The number of nitrogens with zero attached hydrogens (tertiary/aromatic N) is 3. The van der Waals surface area contributed by atoms with E-state index in [1.807, 2.05) is 56.3 Å². The van der Waals surface area contributed by atoms with E-state index in [4.69, 9.17) is 38.0 Å². The van der Waals surface area contributed by atoms with Gasteiger partial charge in [-0.05, 0) is 44.2 Å². The third-order valence-corrected chi connectivity index (χ3v) is 6.55. The average molecular weight is 520 g/mol. The summed E-state index contributed by atoms with van der Waals surface area (Å²) in [5, 5.41) is 11.9. The van der Waals surface area contributed by atoms with E-state index < -0.39 is 6.04 Å². The van der Waals surface area contributed by atoms with E-state index in [9.17, 15) is 4.79 Å². The Morgan fingerprint density at radius 2 is 1.86 bits per heavy atom. The van der Waals surface area contributed by atoms with Gasteiger partial charge in [0.2, 0.25) is 5.95 Å². The lowest BCUT2D eigenvalue weighted by molar-refractivity contribution is -0.113. The van der Waals surface area contributed by atoms with Crippen LogP contribution in [0, 0.1) is 6.92 Å². The van der Waals surface area contributed by atoms with Crippen LogP contribution in [0.5, 0.6) is 5.75 Å². The van der Waals surface area contributed by atoms with Crippen molar-refractivity contribution in [3.63, 3.8) is 0 Å². The minimum absolute atomic E-state index is 0.321. The number of allylic oxidation sites excluding steroid dienone is 1. The minimum atomic E-state index is -0.646. The predicted molar refractivity (Wildman–Crippen MR) is 143 cm³/mol. The van der Waals surface area contributed by atoms with Crippen molar-refractivity contribution in [3.05, 3.63) is 99.2 Å². The molecule has 0 aliphatic carbocycles. The van der Waals surface area contributed by atoms with E-state index in [1.54, 1.807) is 36.1 Å². The lowest BCUT2D eigenvalue weighted by Crippen LogP contribution is -2.31. The summed E-state index contributed by atoms with van der Waals surface area (Å²) >= 11 is 12.8. The number of fused-ring (bicyclic) bond motifs is 1. The molecule has 5 rings (SSSR count). The van der Waals surface area contributed by atoms with Gasteiger partial charge in [-0.3, -0.25) is 4.79 Å². The van der Waals surface area contributed by atoms with Crippen molar-refractivity contribution < 1.29 is 9.53 Å². The molecule has 1 atom stereocenters. The molecular weight excluding hydrogens is 497 g/mol. The number of amides is 1. The fourth-order valence-corrected chi connectivity index (χ4v) is 4.81. The van der Waals surface area contributed by atoms with Crippen LogP contribution in [-0.4, -0.2) is 27.8 Å². The highest BCUT2D eigenvalue weighted by Crippen LogP contribution is 2.40. The first-order chi connectivity index (χ1) is 17.4. The Bertz CT molecular complexity index is 1510. The maximum Gasteiger partial charge on any atom is 0.255 e. The molecule has 3 aromatic carbocycles. The van der Waals surface area contributed by atoms with E-state index >= 15 is 0 Å². The standard InChI is InChI=1S/C27H23Cl2N5O2/c1-15-7-6-8-17(13-15)25-32-27-30-16(2)23(26(35)31-21-9-4-5-10-22(21)36-3)24(34(27)33-25)19-12-11-18(28)14-20(19)29/h4-14,24H,1-3H3,(H,31,35)(H,30,32,33). The van der Waals surface area contributed by atoms with Crippen LogP contribution in [0.1, 0.15) is 24.1 Å². The number of carbonyl (C=O) groups excluding carboxylic acids is 1. The van der Waals surface area contributed by atoms with Gasteiger partial charge in [0.05, 0.1) is 18.4 Å². The largest absolute Gasteiger partial charge is 0.495 e. The Labute approximate surface area is 218 Å². The quantitative estimate of drug-likeness (QED) is 0.314. The zero-order valence-electron chi connectivity index (χ0n) is 19.8. The second kappa shape index (κ2) is 9.68. The number of nitrogens with one attached hydrogen (secondary N) is 2. The van der Waals surface area contributed by atoms with Gasteiger partial charge >= 0.3 is 0 Å². The van der Waals surface area contributed by atoms with Crippen molar-refractivity contribution >= 4 is 40.7 Å². The summed E-state index contributed by atoms with van der Waals surface area (Å²) in [7, 11) is 1.56. The van der Waals surface area contributed by atoms with E-state index in [1.165, 1.54) is 0 Å². The fraction of sp³-hybridized carbons (Fsp3) is 0.148. The molecule has 9 heteroatoms. The highest BCUT2D eigenvalue weighted by molar-refractivity contribution is 6.35. The molecule has 1 unspecified atom stereocenters. The van der Waals surface area contributed by atoms with Crippen LogP contribution in [0.4, 0.5) is 11.6 Å². The van der Waals surface area contributed by atoms with Crippen LogP contribution in [0.15, 0.2) is 78.0 Å². The zero-order valence-corrected chi connectivity index (χ0v) is 21.4. The molecule has 1 aliphatic rings.